The van der Waals surface area contributed by atoms with E-state index in [1.54, 1.807) is 6.92 Å². The van der Waals surface area contributed by atoms with Crippen LogP contribution in [-0.2, 0) is 14.3 Å². The van der Waals surface area contributed by atoms with Gasteiger partial charge in [-0.25, -0.2) is 4.79 Å². The number of carbonyl (C=O) groups is 3. The van der Waals surface area contributed by atoms with E-state index < -0.39 is 30.2 Å². The molecule has 29 heavy (non-hydrogen) atoms. The molecule has 1 aliphatic heterocycles. The molecule has 9 heteroatoms. The predicted molar refractivity (Wildman–Crippen MR) is 100 cm³/mol. The summed E-state index contributed by atoms with van der Waals surface area (Å²) in [6.45, 7) is 3.12. The molecule has 9 nitrogen and oxygen atoms in total. The molecule has 2 fully saturated rings. The number of nitrogens with one attached hydrogen (secondary N) is 1. The number of nitrogens with zero attached hydrogens (tertiary/aromatic N) is 3. The Labute approximate surface area is 167 Å². The maximum absolute atomic E-state index is 12.6. The van der Waals surface area contributed by atoms with Gasteiger partial charge in [0.15, 0.2) is 6.10 Å². The number of amides is 3. The predicted octanol–water partition coefficient (Wildman–Crippen LogP) is 2.51. The van der Waals surface area contributed by atoms with Crippen LogP contribution in [0.25, 0.3) is 11.5 Å². The smallest absolute Gasteiger partial charge is 0.327 e. The molecule has 2 heterocycles. The Morgan fingerprint density at radius 1 is 1.24 bits per heavy atom. The Hall–Kier alpha value is -3.23. The van der Waals surface area contributed by atoms with Crippen LogP contribution in [0.4, 0.5) is 4.79 Å². The Morgan fingerprint density at radius 3 is 2.62 bits per heavy atom. The highest BCUT2D eigenvalue weighted by Gasteiger charge is 2.52. The fourth-order valence-electron chi connectivity index (χ4n) is 3.76. The molecule has 0 unspecified atom stereocenters. The van der Waals surface area contributed by atoms with Gasteiger partial charge in [-0.2, -0.15) is 0 Å². The highest BCUT2D eigenvalue weighted by Crippen LogP contribution is 2.35. The normalized spacial score (nSPS) is 18.9. The van der Waals surface area contributed by atoms with E-state index in [4.69, 9.17) is 9.15 Å². The van der Waals surface area contributed by atoms with E-state index >= 15 is 0 Å². The van der Waals surface area contributed by atoms with E-state index in [1.807, 2.05) is 31.2 Å². The van der Waals surface area contributed by atoms with Crippen LogP contribution < -0.4 is 5.32 Å². The first kappa shape index (κ1) is 19.1. The minimum absolute atomic E-state index is 0.137. The number of hydrogen-bond acceptors (Lipinski definition) is 7. The number of benzene rings is 1. The maximum Gasteiger partial charge on any atom is 0.327 e. The molecule has 1 aliphatic carbocycles. The SMILES string of the molecule is Cc1ccc(-c2nnc([C@@H](C)OC(=O)CN3C(=O)NC4(CCCC4)C3=O)o2)cc1. The molecule has 2 aliphatic rings. The lowest BCUT2D eigenvalue weighted by Gasteiger charge is -2.19. The van der Waals surface area contributed by atoms with E-state index in [1.165, 1.54) is 0 Å². The Morgan fingerprint density at radius 2 is 1.93 bits per heavy atom. The molecular formula is C20H22N4O5. The molecule has 1 aromatic heterocycles. The maximum atomic E-state index is 12.6. The second-order valence-electron chi connectivity index (χ2n) is 7.55. The van der Waals surface area contributed by atoms with Gasteiger partial charge in [0.05, 0.1) is 0 Å². The van der Waals surface area contributed by atoms with Crippen molar-refractivity contribution in [3.05, 3.63) is 35.7 Å². The number of aryl methyl sites for hydroxylation is 1. The van der Waals surface area contributed by atoms with Crippen molar-refractivity contribution in [3.8, 4) is 11.5 Å². The average Bonchev–Trinajstić information content (AvgIpc) is 3.40. The van der Waals surface area contributed by atoms with Crippen molar-refractivity contribution >= 4 is 17.9 Å². The van der Waals surface area contributed by atoms with Crippen LogP contribution in [0.5, 0.6) is 0 Å². The van der Waals surface area contributed by atoms with Gasteiger partial charge in [0, 0.05) is 5.56 Å². The van der Waals surface area contributed by atoms with E-state index in [9.17, 15) is 14.4 Å². The van der Waals surface area contributed by atoms with Crippen molar-refractivity contribution in [2.75, 3.05) is 6.54 Å². The molecule has 3 amide bonds. The molecule has 1 atom stereocenters. The Balaban J connectivity index is 1.38. The lowest BCUT2D eigenvalue weighted by molar-refractivity contribution is -0.152. The average molecular weight is 398 g/mol. The van der Waals surface area contributed by atoms with Crippen LogP contribution in [0.3, 0.4) is 0 Å². The second-order valence-corrected chi connectivity index (χ2v) is 7.55. The lowest BCUT2D eigenvalue weighted by atomic mass is 9.98. The number of aromatic nitrogens is 2. The standard InChI is InChI=1S/C20H22N4O5/c1-12-5-7-14(8-6-12)17-23-22-16(29-17)13(2)28-15(25)11-24-18(26)20(21-19(24)27)9-3-4-10-20/h5-8,13H,3-4,9-11H2,1-2H3,(H,21,27)/t13-/m1/s1. The van der Waals surface area contributed by atoms with Gasteiger partial charge >= 0.3 is 12.0 Å². The molecule has 1 saturated heterocycles. The fourth-order valence-corrected chi connectivity index (χ4v) is 3.76. The third kappa shape index (κ3) is 3.59. The van der Waals surface area contributed by atoms with Crippen molar-refractivity contribution < 1.29 is 23.5 Å². The number of imide groups is 1. The van der Waals surface area contributed by atoms with Crippen molar-refractivity contribution in [1.29, 1.82) is 0 Å². The van der Waals surface area contributed by atoms with Crippen molar-refractivity contribution in [3.63, 3.8) is 0 Å². The number of esters is 1. The quantitative estimate of drug-likeness (QED) is 0.608. The van der Waals surface area contributed by atoms with E-state index in [0.29, 0.717) is 18.7 Å². The van der Waals surface area contributed by atoms with E-state index in [0.717, 1.165) is 28.9 Å². The molecular weight excluding hydrogens is 376 g/mol. The van der Waals surface area contributed by atoms with Gasteiger partial charge in [-0.1, -0.05) is 30.5 Å². The molecule has 1 spiro atoms. The number of hydrogen-bond donors (Lipinski definition) is 1. The van der Waals surface area contributed by atoms with Gasteiger partial charge in [-0.05, 0) is 38.8 Å². The summed E-state index contributed by atoms with van der Waals surface area (Å²) in [4.78, 5) is 38.0. The molecule has 4 rings (SSSR count). The monoisotopic (exact) mass is 398 g/mol. The van der Waals surface area contributed by atoms with Crippen LogP contribution in [0.15, 0.2) is 28.7 Å². The van der Waals surface area contributed by atoms with Crippen LogP contribution in [0.1, 0.15) is 50.2 Å². The number of ether oxygens (including phenoxy) is 1. The highest BCUT2D eigenvalue weighted by molar-refractivity contribution is 6.08. The van der Waals surface area contributed by atoms with Gasteiger partial charge in [0.2, 0.25) is 5.89 Å². The number of urea groups is 1. The third-order valence-electron chi connectivity index (χ3n) is 5.39. The van der Waals surface area contributed by atoms with Gasteiger partial charge in [-0.15, -0.1) is 10.2 Å². The van der Waals surface area contributed by atoms with Crippen LogP contribution in [0, 0.1) is 6.92 Å². The van der Waals surface area contributed by atoms with Crippen LogP contribution in [0.2, 0.25) is 0 Å². The van der Waals surface area contributed by atoms with Gasteiger partial charge < -0.3 is 14.5 Å². The largest absolute Gasteiger partial charge is 0.451 e. The number of carbonyl (C=O) groups excluding carboxylic acids is 3. The Kier molecular flexibility index (Phi) is 4.81. The lowest BCUT2D eigenvalue weighted by Crippen LogP contribution is -2.44. The first-order valence-corrected chi connectivity index (χ1v) is 9.62. The van der Waals surface area contributed by atoms with Crippen molar-refractivity contribution in [2.24, 2.45) is 0 Å². The summed E-state index contributed by atoms with van der Waals surface area (Å²) >= 11 is 0. The summed E-state index contributed by atoms with van der Waals surface area (Å²) in [5.74, 6) is -0.617. The summed E-state index contributed by atoms with van der Waals surface area (Å²) in [6.07, 6.45) is 2.14. The molecule has 0 bridgehead atoms. The molecule has 152 valence electrons. The summed E-state index contributed by atoms with van der Waals surface area (Å²) in [5.41, 5.74) is 1.02. The highest BCUT2D eigenvalue weighted by atomic mass is 16.6. The zero-order chi connectivity index (χ0) is 20.6. The van der Waals surface area contributed by atoms with Crippen molar-refractivity contribution in [1.82, 2.24) is 20.4 Å². The summed E-state index contributed by atoms with van der Waals surface area (Å²) in [5, 5.41) is 10.7. The zero-order valence-electron chi connectivity index (χ0n) is 16.3. The summed E-state index contributed by atoms with van der Waals surface area (Å²) in [7, 11) is 0. The second kappa shape index (κ2) is 7.31. The first-order chi connectivity index (χ1) is 13.9. The Bertz CT molecular complexity index is 946. The molecule has 1 aromatic carbocycles. The molecule has 1 saturated carbocycles. The minimum atomic E-state index is -0.849. The zero-order valence-corrected chi connectivity index (χ0v) is 16.3. The van der Waals surface area contributed by atoms with E-state index in [-0.39, 0.29) is 11.8 Å². The van der Waals surface area contributed by atoms with Crippen LogP contribution in [-0.4, -0.2) is 45.1 Å². The first-order valence-electron chi connectivity index (χ1n) is 9.62. The van der Waals surface area contributed by atoms with Gasteiger partial charge in [0.1, 0.15) is 12.1 Å². The topological polar surface area (TPSA) is 115 Å². The van der Waals surface area contributed by atoms with Gasteiger partial charge in [0.25, 0.3) is 11.8 Å². The molecule has 0 radical (unpaired) electrons. The molecule has 2 aromatic rings. The minimum Gasteiger partial charge on any atom is -0.451 e. The van der Waals surface area contributed by atoms with Gasteiger partial charge in [-0.3, -0.25) is 14.5 Å². The summed E-state index contributed by atoms with van der Waals surface area (Å²) < 4.78 is 10.9. The third-order valence-corrected chi connectivity index (χ3v) is 5.39. The number of rotatable bonds is 5. The van der Waals surface area contributed by atoms with Crippen molar-refractivity contribution in [2.45, 2.75) is 51.2 Å². The fraction of sp³-hybridized carbons (Fsp3) is 0.450. The summed E-state index contributed by atoms with van der Waals surface area (Å²) in [6, 6.07) is 7.02. The van der Waals surface area contributed by atoms with Crippen LogP contribution >= 0.6 is 0 Å². The molecule has 1 N–H and O–H groups in total. The van der Waals surface area contributed by atoms with E-state index in [2.05, 4.69) is 15.5 Å².